The molecule has 1 aliphatic heterocycles. The largest absolute Gasteiger partial charge is 0.329 e. The van der Waals surface area contributed by atoms with Gasteiger partial charge in [-0.25, -0.2) is 0 Å². The fourth-order valence-corrected chi connectivity index (χ4v) is 3.53. The predicted octanol–water partition coefficient (Wildman–Crippen LogP) is 2.66. The Kier molecular flexibility index (Phi) is 3.67. The molecule has 1 saturated heterocycles. The molecule has 2 N–H and O–H groups in total. The molecule has 1 fully saturated rings. The van der Waals surface area contributed by atoms with Crippen LogP contribution < -0.4 is 5.73 Å². The van der Waals surface area contributed by atoms with E-state index in [1.165, 1.54) is 57.2 Å². The monoisotopic (exact) mass is 244 g/mol. The second-order valence-electron chi connectivity index (χ2n) is 5.73. The SMILES string of the molecule is NCC(c1ccc2c(c1)CCC2)N1CCCCC1. The van der Waals surface area contributed by atoms with E-state index in [-0.39, 0.29) is 0 Å². The van der Waals surface area contributed by atoms with Crippen molar-refractivity contribution in [3.63, 3.8) is 0 Å². The summed E-state index contributed by atoms with van der Waals surface area (Å²) in [6.45, 7) is 3.19. The van der Waals surface area contributed by atoms with E-state index in [2.05, 4.69) is 23.1 Å². The molecule has 0 amide bonds. The second-order valence-corrected chi connectivity index (χ2v) is 5.73. The fraction of sp³-hybridized carbons (Fsp3) is 0.625. The van der Waals surface area contributed by atoms with Gasteiger partial charge >= 0.3 is 0 Å². The molecule has 0 spiro atoms. The van der Waals surface area contributed by atoms with Crippen molar-refractivity contribution in [1.82, 2.24) is 4.90 Å². The van der Waals surface area contributed by atoms with Crippen LogP contribution in [0, 0.1) is 0 Å². The number of aryl methyl sites for hydroxylation is 2. The number of nitrogens with two attached hydrogens (primary N) is 1. The molecule has 0 saturated carbocycles. The molecule has 1 aliphatic carbocycles. The zero-order chi connectivity index (χ0) is 12.4. The van der Waals surface area contributed by atoms with E-state index in [9.17, 15) is 0 Å². The van der Waals surface area contributed by atoms with E-state index in [1.807, 2.05) is 0 Å². The van der Waals surface area contributed by atoms with Crippen molar-refractivity contribution in [2.75, 3.05) is 19.6 Å². The van der Waals surface area contributed by atoms with Crippen molar-refractivity contribution in [2.24, 2.45) is 5.73 Å². The first-order valence-electron chi connectivity index (χ1n) is 7.44. The first kappa shape index (κ1) is 12.2. The Morgan fingerprint density at radius 3 is 2.56 bits per heavy atom. The van der Waals surface area contributed by atoms with Crippen LogP contribution in [-0.2, 0) is 12.8 Å². The Morgan fingerprint density at radius 1 is 1.00 bits per heavy atom. The van der Waals surface area contributed by atoms with Crippen LogP contribution in [-0.4, -0.2) is 24.5 Å². The number of benzene rings is 1. The number of likely N-dealkylation sites (tertiary alicyclic amines) is 1. The van der Waals surface area contributed by atoms with Gasteiger partial charge in [-0.3, -0.25) is 4.90 Å². The Morgan fingerprint density at radius 2 is 1.78 bits per heavy atom. The third kappa shape index (κ3) is 2.32. The molecule has 1 unspecified atom stereocenters. The lowest BCUT2D eigenvalue weighted by Crippen LogP contribution is -2.37. The van der Waals surface area contributed by atoms with Gasteiger partial charge in [-0.1, -0.05) is 24.6 Å². The molecule has 1 atom stereocenters. The van der Waals surface area contributed by atoms with E-state index in [1.54, 1.807) is 11.1 Å². The van der Waals surface area contributed by atoms with Crippen molar-refractivity contribution in [2.45, 2.75) is 44.6 Å². The summed E-state index contributed by atoms with van der Waals surface area (Å²) >= 11 is 0. The third-order valence-corrected chi connectivity index (χ3v) is 4.56. The molecule has 2 heteroatoms. The zero-order valence-corrected chi connectivity index (χ0v) is 11.2. The van der Waals surface area contributed by atoms with Crippen molar-refractivity contribution >= 4 is 0 Å². The number of rotatable bonds is 3. The summed E-state index contributed by atoms with van der Waals surface area (Å²) in [5.41, 5.74) is 10.6. The van der Waals surface area contributed by atoms with Crippen molar-refractivity contribution < 1.29 is 0 Å². The number of hydrogen-bond donors (Lipinski definition) is 1. The Hall–Kier alpha value is -0.860. The van der Waals surface area contributed by atoms with Crippen molar-refractivity contribution in [1.29, 1.82) is 0 Å². The van der Waals surface area contributed by atoms with E-state index >= 15 is 0 Å². The maximum atomic E-state index is 6.04. The topological polar surface area (TPSA) is 29.3 Å². The van der Waals surface area contributed by atoms with E-state index < -0.39 is 0 Å². The van der Waals surface area contributed by atoms with Gasteiger partial charge < -0.3 is 5.73 Å². The maximum Gasteiger partial charge on any atom is 0.0470 e. The Balaban J connectivity index is 1.82. The van der Waals surface area contributed by atoms with Crippen LogP contribution in [0.3, 0.4) is 0 Å². The maximum absolute atomic E-state index is 6.04. The highest BCUT2D eigenvalue weighted by molar-refractivity contribution is 5.36. The average Bonchev–Trinajstić information content (AvgIpc) is 2.88. The lowest BCUT2D eigenvalue weighted by Gasteiger charge is -2.34. The normalized spacial score (nSPS) is 21.8. The van der Waals surface area contributed by atoms with E-state index in [0.717, 1.165) is 6.54 Å². The zero-order valence-electron chi connectivity index (χ0n) is 11.2. The van der Waals surface area contributed by atoms with Crippen LogP contribution >= 0.6 is 0 Å². The number of piperidine rings is 1. The van der Waals surface area contributed by atoms with E-state index in [4.69, 9.17) is 5.73 Å². The molecule has 1 aromatic carbocycles. The van der Waals surface area contributed by atoms with Crippen molar-refractivity contribution in [3.8, 4) is 0 Å². The minimum absolute atomic E-state index is 0.441. The fourth-order valence-electron chi connectivity index (χ4n) is 3.53. The number of nitrogens with zero attached hydrogens (tertiary/aromatic N) is 1. The second kappa shape index (κ2) is 5.41. The molecule has 3 rings (SSSR count). The molecule has 1 heterocycles. The van der Waals surface area contributed by atoms with Crippen molar-refractivity contribution in [3.05, 3.63) is 34.9 Å². The first-order chi connectivity index (χ1) is 8.88. The highest BCUT2D eigenvalue weighted by Crippen LogP contribution is 2.29. The minimum Gasteiger partial charge on any atom is -0.329 e. The van der Waals surface area contributed by atoms with Gasteiger partial charge in [0.05, 0.1) is 0 Å². The summed E-state index contributed by atoms with van der Waals surface area (Å²) in [7, 11) is 0. The molecule has 0 bridgehead atoms. The number of fused-ring (bicyclic) bond motifs is 1. The molecular formula is C16H24N2. The van der Waals surface area contributed by atoms with Gasteiger partial charge in [-0.15, -0.1) is 0 Å². The van der Waals surface area contributed by atoms with Gasteiger partial charge in [0.2, 0.25) is 0 Å². The summed E-state index contributed by atoms with van der Waals surface area (Å²) in [4.78, 5) is 2.58. The van der Waals surface area contributed by atoms with Crippen LogP contribution in [0.1, 0.15) is 48.4 Å². The predicted molar refractivity (Wildman–Crippen MR) is 75.7 cm³/mol. The molecule has 1 aromatic rings. The number of hydrogen-bond acceptors (Lipinski definition) is 2. The quantitative estimate of drug-likeness (QED) is 0.885. The van der Waals surface area contributed by atoms with Gasteiger partial charge in [0, 0.05) is 12.6 Å². The lowest BCUT2D eigenvalue weighted by atomic mass is 9.98. The molecule has 2 nitrogen and oxygen atoms in total. The molecule has 18 heavy (non-hydrogen) atoms. The van der Waals surface area contributed by atoms with Gasteiger partial charge in [0.15, 0.2) is 0 Å². The standard InChI is InChI=1S/C16H24N2/c17-12-16(18-9-2-1-3-10-18)15-8-7-13-5-4-6-14(13)11-15/h7-8,11,16H,1-6,9-10,12,17H2. The van der Waals surface area contributed by atoms with Crippen LogP contribution in [0.15, 0.2) is 18.2 Å². The van der Waals surface area contributed by atoms with Crippen LogP contribution in [0.25, 0.3) is 0 Å². The lowest BCUT2D eigenvalue weighted by molar-refractivity contribution is 0.167. The Bertz CT molecular complexity index is 408. The summed E-state index contributed by atoms with van der Waals surface area (Å²) < 4.78 is 0. The van der Waals surface area contributed by atoms with Gasteiger partial charge in [-0.05, 0) is 61.9 Å². The highest BCUT2D eigenvalue weighted by Gasteiger charge is 2.22. The minimum atomic E-state index is 0.441. The van der Waals surface area contributed by atoms with Gasteiger partial charge in [-0.2, -0.15) is 0 Å². The van der Waals surface area contributed by atoms with Crippen LogP contribution in [0.5, 0.6) is 0 Å². The summed E-state index contributed by atoms with van der Waals surface area (Å²) in [6, 6.07) is 7.52. The summed E-state index contributed by atoms with van der Waals surface area (Å²) in [6.07, 6.45) is 7.92. The Labute approximate surface area is 110 Å². The molecule has 2 aliphatic rings. The average molecular weight is 244 g/mol. The molecular weight excluding hydrogens is 220 g/mol. The smallest absolute Gasteiger partial charge is 0.0470 e. The third-order valence-electron chi connectivity index (χ3n) is 4.56. The summed E-state index contributed by atoms with van der Waals surface area (Å²) in [5, 5.41) is 0. The van der Waals surface area contributed by atoms with Crippen LogP contribution in [0.4, 0.5) is 0 Å². The van der Waals surface area contributed by atoms with Gasteiger partial charge in [0.1, 0.15) is 0 Å². The highest BCUT2D eigenvalue weighted by atomic mass is 15.2. The molecule has 98 valence electrons. The van der Waals surface area contributed by atoms with E-state index in [0.29, 0.717) is 6.04 Å². The molecule has 0 aromatic heterocycles. The van der Waals surface area contributed by atoms with Crippen LogP contribution in [0.2, 0.25) is 0 Å². The first-order valence-corrected chi connectivity index (χ1v) is 7.44. The van der Waals surface area contributed by atoms with Gasteiger partial charge in [0.25, 0.3) is 0 Å². The summed E-state index contributed by atoms with van der Waals surface area (Å²) in [5.74, 6) is 0. The molecule has 0 radical (unpaired) electrons.